The first-order chi connectivity index (χ1) is 10.2. The summed E-state index contributed by atoms with van der Waals surface area (Å²) in [5, 5.41) is 11.5. The molecule has 0 spiro atoms. The minimum atomic E-state index is -0.252. The lowest BCUT2D eigenvalue weighted by Gasteiger charge is -2.22. The predicted octanol–water partition coefficient (Wildman–Crippen LogP) is 2.19. The lowest BCUT2D eigenvalue weighted by atomic mass is 9.99. The van der Waals surface area contributed by atoms with Crippen molar-refractivity contribution in [2.45, 2.75) is 19.8 Å². The van der Waals surface area contributed by atoms with E-state index in [0.29, 0.717) is 17.9 Å². The van der Waals surface area contributed by atoms with E-state index in [1.807, 2.05) is 13.0 Å². The molecule has 1 saturated heterocycles. The molecule has 2 rings (SSSR count). The normalized spacial score (nSPS) is 17.0. The van der Waals surface area contributed by atoms with E-state index in [2.05, 4.69) is 21.3 Å². The van der Waals surface area contributed by atoms with Crippen LogP contribution in [0.25, 0.3) is 0 Å². The molecule has 122 valence electrons. The van der Waals surface area contributed by atoms with Crippen LogP contribution in [0.2, 0.25) is 0 Å². The van der Waals surface area contributed by atoms with E-state index in [1.165, 1.54) is 0 Å². The fourth-order valence-electron chi connectivity index (χ4n) is 2.33. The van der Waals surface area contributed by atoms with Gasteiger partial charge in [-0.2, -0.15) is 0 Å². The number of piperidine rings is 1. The number of hydrogen-bond donors (Lipinski definition) is 4. The Bertz CT molecular complexity index is 504. The van der Waals surface area contributed by atoms with Gasteiger partial charge in [-0.3, -0.25) is 4.79 Å². The highest BCUT2D eigenvalue weighted by Gasteiger charge is 2.20. The van der Waals surface area contributed by atoms with Crippen LogP contribution in [0, 0.1) is 5.92 Å². The molecule has 3 amide bonds. The van der Waals surface area contributed by atoms with E-state index < -0.39 is 0 Å². The van der Waals surface area contributed by atoms with Gasteiger partial charge in [-0.05, 0) is 44.5 Å². The van der Waals surface area contributed by atoms with Crippen LogP contribution in [0.15, 0.2) is 24.3 Å². The van der Waals surface area contributed by atoms with Gasteiger partial charge in [0, 0.05) is 24.5 Å². The maximum Gasteiger partial charge on any atom is 0.319 e. The third-order valence-corrected chi connectivity index (χ3v) is 3.39. The van der Waals surface area contributed by atoms with Crippen LogP contribution in [-0.4, -0.2) is 31.6 Å². The molecule has 1 unspecified atom stereocenters. The first-order valence-electron chi connectivity index (χ1n) is 7.35. The van der Waals surface area contributed by atoms with Crippen LogP contribution in [0.5, 0.6) is 0 Å². The largest absolute Gasteiger partial charge is 0.338 e. The zero-order valence-electron chi connectivity index (χ0n) is 12.6. The Morgan fingerprint density at radius 3 is 2.64 bits per heavy atom. The van der Waals surface area contributed by atoms with Crippen molar-refractivity contribution in [1.29, 1.82) is 0 Å². The molecule has 6 nitrogen and oxygen atoms in total. The van der Waals surface area contributed by atoms with E-state index in [1.54, 1.807) is 18.2 Å². The Kier molecular flexibility index (Phi) is 7.70. The van der Waals surface area contributed by atoms with Gasteiger partial charge in [0.25, 0.3) is 0 Å². The van der Waals surface area contributed by atoms with Crippen molar-refractivity contribution >= 4 is 35.7 Å². The average molecular weight is 327 g/mol. The molecule has 1 fully saturated rings. The Morgan fingerprint density at radius 1 is 1.27 bits per heavy atom. The van der Waals surface area contributed by atoms with Crippen molar-refractivity contribution in [3.8, 4) is 0 Å². The molecule has 0 saturated carbocycles. The zero-order chi connectivity index (χ0) is 15.1. The molecule has 1 aliphatic heterocycles. The summed E-state index contributed by atoms with van der Waals surface area (Å²) in [5.74, 6) is 0.0381. The SMILES string of the molecule is CCNC(=O)Nc1cccc(NC(=O)C2CCCNC2)c1.Cl. The fraction of sp³-hybridized carbons (Fsp3) is 0.467. The zero-order valence-corrected chi connectivity index (χ0v) is 13.5. The van der Waals surface area contributed by atoms with Gasteiger partial charge in [-0.15, -0.1) is 12.4 Å². The highest BCUT2D eigenvalue weighted by molar-refractivity contribution is 5.94. The number of amides is 3. The van der Waals surface area contributed by atoms with Crippen molar-refractivity contribution in [1.82, 2.24) is 10.6 Å². The smallest absolute Gasteiger partial charge is 0.319 e. The molecular formula is C15H23ClN4O2. The summed E-state index contributed by atoms with van der Waals surface area (Å²) in [7, 11) is 0. The second kappa shape index (κ2) is 9.27. The summed E-state index contributed by atoms with van der Waals surface area (Å²) in [6.07, 6.45) is 1.94. The lowest BCUT2D eigenvalue weighted by molar-refractivity contribution is -0.120. The number of halogens is 1. The standard InChI is InChI=1S/C15H22N4O2.ClH/c1-2-17-15(21)19-13-7-3-6-12(9-13)18-14(20)11-5-4-8-16-10-11;/h3,6-7,9,11,16H,2,4-5,8,10H2,1H3,(H,18,20)(H2,17,19,21);1H. The maximum absolute atomic E-state index is 12.2. The molecule has 1 aromatic rings. The molecule has 0 aliphatic carbocycles. The number of carbonyl (C=O) groups excluding carboxylic acids is 2. The number of carbonyl (C=O) groups is 2. The summed E-state index contributed by atoms with van der Waals surface area (Å²) in [5.41, 5.74) is 1.35. The Morgan fingerprint density at radius 2 is 2.00 bits per heavy atom. The van der Waals surface area contributed by atoms with Crippen LogP contribution in [-0.2, 0) is 4.79 Å². The average Bonchev–Trinajstić information content (AvgIpc) is 2.48. The third kappa shape index (κ3) is 5.54. The van der Waals surface area contributed by atoms with Gasteiger partial charge in [-0.25, -0.2) is 4.79 Å². The number of benzene rings is 1. The summed E-state index contributed by atoms with van der Waals surface area (Å²) in [6.45, 7) is 4.13. The van der Waals surface area contributed by atoms with Crippen molar-refractivity contribution in [2.75, 3.05) is 30.3 Å². The Hall–Kier alpha value is -1.79. The molecule has 1 aliphatic rings. The van der Waals surface area contributed by atoms with Crippen molar-refractivity contribution in [3.63, 3.8) is 0 Å². The first kappa shape index (κ1) is 18.3. The van der Waals surface area contributed by atoms with E-state index in [9.17, 15) is 9.59 Å². The summed E-state index contributed by atoms with van der Waals surface area (Å²) >= 11 is 0. The van der Waals surface area contributed by atoms with Gasteiger partial charge < -0.3 is 21.3 Å². The molecule has 4 N–H and O–H groups in total. The van der Waals surface area contributed by atoms with Gasteiger partial charge in [-0.1, -0.05) is 6.07 Å². The summed E-state index contributed by atoms with van der Waals surface area (Å²) < 4.78 is 0. The van der Waals surface area contributed by atoms with Crippen LogP contribution < -0.4 is 21.3 Å². The van der Waals surface area contributed by atoms with Gasteiger partial charge >= 0.3 is 6.03 Å². The fourth-order valence-corrected chi connectivity index (χ4v) is 2.33. The second-order valence-electron chi connectivity index (χ2n) is 5.10. The maximum atomic E-state index is 12.2. The van der Waals surface area contributed by atoms with Crippen LogP contribution >= 0.6 is 12.4 Å². The highest BCUT2D eigenvalue weighted by atomic mass is 35.5. The number of hydrogen-bond acceptors (Lipinski definition) is 3. The van der Waals surface area contributed by atoms with Crippen LogP contribution in [0.1, 0.15) is 19.8 Å². The van der Waals surface area contributed by atoms with Crippen molar-refractivity contribution in [2.24, 2.45) is 5.92 Å². The predicted molar refractivity (Wildman–Crippen MR) is 90.6 cm³/mol. The molecule has 1 aromatic carbocycles. The topological polar surface area (TPSA) is 82.3 Å². The highest BCUT2D eigenvalue weighted by Crippen LogP contribution is 2.18. The quantitative estimate of drug-likeness (QED) is 0.684. The van der Waals surface area contributed by atoms with E-state index >= 15 is 0 Å². The van der Waals surface area contributed by atoms with Gasteiger partial charge in [0.2, 0.25) is 5.91 Å². The minimum Gasteiger partial charge on any atom is -0.338 e. The third-order valence-electron chi connectivity index (χ3n) is 3.39. The number of rotatable bonds is 4. The molecule has 0 aromatic heterocycles. The van der Waals surface area contributed by atoms with Gasteiger partial charge in [0.05, 0.1) is 5.92 Å². The number of nitrogens with one attached hydrogen (secondary N) is 4. The lowest BCUT2D eigenvalue weighted by Crippen LogP contribution is -2.37. The van der Waals surface area contributed by atoms with E-state index in [4.69, 9.17) is 0 Å². The molecule has 1 heterocycles. The monoisotopic (exact) mass is 326 g/mol. The Balaban J connectivity index is 0.00000242. The van der Waals surface area contributed by atoms with Crippen LogP contribution in [0.4, 0.5) is 16.2 Å². The van der Waals surface area contributed by atoms with Gasteiger partial charge in [0.15, 0.2) is 0 Å². The minimum absolute atomic E-state index is 0. The second-order valence-corrected chi connectivity index (χ2v) is 5.10. The van der Waals surface area contributed by atoms with E-state index in [-0.39, 0.29) is 30.3 Å². The molecule has 7 heteroatoms. The number of anilines is 2. The van der Waals surface area contributed by atoms with Crippen LogP contribution in [0.3, 0.4) is 0 Å². The van der Waals surface area contributed by atoms with E-state index in [0.717, 1.165) is 25.9 Å². The molecular weight excluding hydrogens is 304 g/mol. The molecule has 1 atom stereocenters. The molecule has 0 radical (unpaired) electrons. The number of urea groups is 1. The van der Waals surface area contributed by atoms with Gasteiger partial charge in [0.1, 0.15) is 0 Å². The summed E-state index contributed by atoms with van der Waals surface area (Å²) in [6, 6.07) is 6.90. The summed E-state index contributed by atoms with van der Waals surface area (Å²) in [4.78, 5) is 23.6. The van der Waals surface area contributed by atoms with Crippen molar-refractivity contribution in [3.05, 3.63) is 24.3 Å². The Labute approximate surface area is 136 Å². The first-order valence-corrected chi connectivity index (χ1v) is 7.35. The molecule has 22 heavy (non-hydrogen) atoms. The van der Waals surface area contributed by atoms with Crippen molar-refractivity contribution < 1.29 is 9.59 Å². The molecule has 0 bridgehead atoms.